The first-order chi connectivity index (χ1) is 9.80. The molecule has 5 nitrogen and oxygen atoms in total. The summed E-state index contributed by atoms with van der Waals surface area (Å²) in [6.07, 6.45) is -2.51. The third kappa shape index (κ3) is 3.90. The molecule has 8 heteroatoms. The number of piperazine rings is 1. The van der Waals surface area contributed by atoms with Crippen LogP contribution in [-0.2, 0) is 6.54 Å². The fourth-order valence-corrected chi connectivity index (χ4v) is 2.50. The lowest BCUT2D eigenvalue weighted by molar-refractivity contribution is -0.148. The van der Waals surface area contributed by atoms with E-state index in [0.717, 1.165) is 0 Å². The van der Waals surface area contributed by atoms with Crippen LogP contribution >= 0.6 is 0 Å². The van der Waals surface area contributed by atoms with Crippen molar-refractivity contribution in [3.8, 4) is 0 Å². The molecule has 1 aliphatic heterocycles. The third-order valence-corrected chi connectivity index (χ3v) is 3.54. The zero-order chi connectivity index (χ0) is 15.6. The fourth-order valence-electron chi connectivity index (χ4n) is 2.50. The number of carbonyl (C=O) groups is 1. The number of aryl methyl sites for hydroxylation is 1. The van der Waals surface area contributed by atoms with Gasteiger partial charge in [0, 0.05) is 38.9 Å². The van der Waals surface area contributed by atoms with Gasteiger partial charge in [-0.2, -0.15) is 13.2 Å². The molecule has 1 saturated heterocycles. The molecule has 2 heterocycles. The molecular formula is C13H19F3N4O. The fraction of sp³-hybridized carbons (Fsp3) is 0.615. The highest BCUT2D eigenvalue weighted by atomic mass is 19.4. The van der Waals surface area contributed by atoms with E-state index in [1.807, 2.05) is 6.92 Å². The Kier molecular flexibility index (Phi) is 4.46. The van der Waals surface area contributed by atoms with Crippen molar-refractivity contribution in [2.75, 3.05) is 38.5 Å². The number of hydrogen-bond donors (Lipinski definition) is 1. The summed E-state index contributed by atoms with van der Waals surface area (Å²) in [7, 11) is 0. The number of carbonyl (C=O) groups excluding carboxylic acids is 1. The highest BCUT2D eigenvalue weighted by Gasteiger charge is 2.33. The van der Waals surface area contributed by atoms with Gasteiger partial charge in [-0.1, -0.05) is 0 Å². The van der Waals surface area contributed by atoms with Gasteiger partial charge in [-0.05, 0) is 13.0 Å². The Labute approximate surface area is 121 Å². The van der Waals surface area contributed by atoms with Gasteiger partial charge >= 0.3 is 6.18 Å². The minimum absolute atomic E-state index is 0.180. The molecule has 1 fully saturated rings. The van der Waals surface area contributed by atoms with Crippen LogP contribution in [0.1, 0.15) is 17.4 Å². The maximum Gasteiger partial charge on any atom is 0.401 e. The van der Waals surface area contributed by atoms with Crippen molar-refractivity contribution in [2.45, 2.75) is 19.6 Å². The number of nitrogens with two attached hydrogens (primary N) is 1. The molecule has 0 aliphatic carbocycles. The lowest BCUT2D eigenvalue weighted by Gasteiger charge is -2.35. The minimum Gasteiger partial charge on any atom is -0.397 e. The van der Waals surface area contributed by atoms with Gasteiger partial charge in [0.05, 0.1) is 12.2 Å². The SMILES string of the molecule is CCn1cc(N)cc1C(=O)N1CCN(CC(F)(F)F)CC1. The van der Waals surface area contributed by atoms with Crippen molar-refractivity contribution in [1.29, 1.82) is 0 Å². The molecule has 1 aromatic heterocycles. The molecule has 0 saturated carbocycles. The molecular weight excluding hydrogens is 285 g/mol. The van der Waals surface area contributed by atoms with Crippen molar-refractivity contribution in [2.24, 2.45) is 0 Å². The quantitative estimate of drug-likeness (QED) is 0.918. The Morgan fingerprint density at radius 3 is 2.43 bits per heavy atom. The number of rotatable bonds is 3. The first-order valence-electron chi connectivity index (χ1n) is 6.84. The molecule has 0 unspecified atom stereocenters. The van der Waals surface area contributed by atoms with E-state index in [1.54, 1.807) is 21.7 Å². The number of nitrogen functional groups attached to an aromatic ring is 1. The molecule has 0 spiro atoms. The van der Waals surface area contributed by atoms with Gasteiger partial charge < -0.3 is 15.2 Å². The predicted molar refractivity (Wildman–Crippen MR) is 72.9 cm³/mol. The number of hydrogen-bond acceptors (Lipinski definition) is 3. The molecule has 0 atom stereocenters. The maximum atomic E-state index is 12.4. The van der Waals surface area contributed by atoms with Crippen molar-refractivity contribution < 1.29 is 18.0 Å². The number of amides is 1. The van der Waals surface area contributed by atoms with Gasteiger partial charge in [-0.15, -0.1) is 0 Å². The average Bonchev–Trinajstić information content (AvgIpc) is 2.78. The lowest BCUT2D eigenvalue weighted by atomic mass is 10.2. The van der Waals surface area contributed by atoms with Crippen LogP contribution < -0.4 is 5.73 Å². The topological polar surface area (TPSA) is 54.5 Å². The summed E-state index contributed by atoms with van der Waals surface area (Å²) < 4.78 is 38.7. The molecule has 0 aromatic carbocycles. The molecule has 21 heavy (non-hydrogen) atoms. The van der Waals surface area contributed by atoms with E-state index in [-0.39, 0.29) is 19.0 Å². The summed E-state index contributed by atoms with van der Waals surface area (Å²) in [6, 6.07) is 1.61. The van der Waals surface area contributed by atoms with E-state index in [1.165, 1.54) is 4.90 Å². The number of aromatic nitrogens is 1. The molecule has 0 radical (unpaired) electrons. The monoisotopic (exact) mass is 304 g/mol. The molecule has 118 valence electrons. The molecule has 1 amide bonds. The number of halogens is 3. The summed E-state index contributed by atoms with van der Waals surface area (Å²) in [4.78, 5) is 15.3. The Morgan fingerprint density at radius 2 is 1.90 bits per heavy atom. The Balaban J connectivity index is 1.97. The van der Waals surface area contributed by atoms with Gasteiger partial charge in [-0.25, -0.2) is 0 Å². The highest BCUT2D eigenvalue weighted by Crippen LogP contribution is 2.19. The first-order valence-corrected chi connectivity index (χ1v) is 6.84. The molecule has 0 bridgehead atoms. The van der Waals surface area contributed by atoms with Crippen LogP contribution in [0.2, 0.25) is 0 Å². The summed E-state index contributed by atoms with van der Waals surface area (Å²) in [5.74, 6) is -0.180. The number of anilines is 1. The van der Waals surface area contributed by atoms with Gasteiger partial charge in [0.1, 0.15) is 5.69 Å². The van der Waals surface area contributed by atoms with Crippen LogP contribution in [0.25, 0.3) is 0 Å². The molecule has 1 aliphatic rings. The smallest absolute Gasteiger partial charge is 0.397 e. The highest BCUT2D eigenvalue weighted by molar-refractivity contribution is 5.94. The Morgan fingerprint density at radius 1 is 1.29 bits per heavy atom. The summed E-state index contributed by atoms with van der Waals surface area (Å²) in [5, 5.41) is 0. The number of nitrogens with zero attached hydrogens (tertiary/aromatic N) is 3. The van der Waals surface area contributed by atoms with E-state index in [0.29, 0.717) is 31.0 Å². The second-order valence-electron chi connectivity index (χ2n) is 5.13. The van der Waals surface area contributed by atoms with Crippen molar-refractivity contribution >= 4 is 11.6 Å². The largest absolute Gasteiger partial charge is 0.401 e. The summed E-state index contributed by atoms with van der Waals surface area (Å²) in [5.41, 5.74) is 6.68. The van der Waals surface area contributed by atoms with Crippen LogP contribution in [0.5, 0.6) is 0 Å². The predicted octanol–water partition coefficient (Wildman–Crippen LogP) is 1.41. The first kappa shape index (κ1) is 15.7. The minimum atomic E-state index is -4.20. The zero-order valence-electron chi connectivity index (χ0n) is 11.9. The van der Waals surface area contributed by atoms with Crippen LogP contribution in [0, 0.1) is 0 Å². The maximum absolute atomic E-state index is 12.4. The van der Waals surface area contributed by atoms with Gasteiger partial charge in [-0.3, -0.25) is 9.69 Å². The second-order valence-corrected chi connectivity index (χ2v) is 5.13. The third-order valence-electron chi connectivity index (χ3n) is 3.54. The Hall–Kier alpha value is -1.70. The van der Waals surface area contributed by atoms with E-state index in [4.69, 9.17) is 5.73 Å². The average molecular weight is 304 g/mol. The van der Waals surface area contributed by atoms with Crippen molar-refractivity contribution in [1.82, 2.24) is 14.4 Å². The van der Waals surface area contributed by atoms with Gasteiger partial charge in [0.15, 0.2) is 0 Å². The van der Waals surface area contributed by atoms with Crippen molar-refractivity contribution in [3.63, 3.8) is 0 Å². The standard InChI is InChI=1S/C13H19F3N4O/c1-2-19-8-10(17)7-11(19)12(21)20-5-3-18(4-6-20)9-13(14,15)16/h7-8H,2-6,9,17H2,1H3. The van der Waals surface area contributed by atoms with Crippen LogP contribution in [0.3, 0.4) is 0 Å². The summed E-state index contributed by atoms with van der Waals surface area (Å²) in [6.45, 7) is 2.64. The molecule has 2 rings (SSSR count). The van der Waals surface area contributed by atoms with E-state index in [9.17, 15) is 18.0 Å². The lowest BCUT2D eigenvalue weighted by Crippen LogP contribution is -2.51. The van der Waals surface area contributed by atoms with E-state index in [2.05, 4.69) is 0 Å². The number of alkyl halides is 3. The van der Waals surface area contributed by atoms with E-state index < -0.39 is 12.7 Å². The second kappa shape index (κ2) is 5.97. The summed E-state index contributed by atoms with van der Waals surface area (Å²) >= 11 is 0. The Bertz CT molecular complexity index is 504. The van der Waals surface area contributed by atoms with Crippen LogP contribution in [0.15, 0.2) is 12.3 Å². The van der Waals surface area contributed by atoms with Gasteiger partial charge in [0.2, 0.25) is 0 Å². The zero-order valence-corrected chi connectivity index (χ0v) is 11.9. The van der Waals surface area contributed by atoms with Gasteiger partial charge in [0.25, 0.3) is 5.91 Å². The molecule has 2 N–H and O–H groups in total. The van der Waals surface area contributed by atoms with Crippen LogP contribution in [-0.4, -0.2) is 59.2 Å². The normalized spacial score (nSPS) is 17.2. The van der Waals surface area contributed by atoms with Crippen molar-refractivity contribution in [3.05, 3.63) is 18.0 Å². The molecule has 1 aromatic rings. The van der Waals surface area contributed by atoms with Crippen LogP contribution in [0.4, 0.5) is 18.9 Å². The van der Waals surface area contributed by atoms with E-state index >= 15 is 0 Å².